The summed E-state index contributed by atoms with van der Waals surface area (Å²) >= 11 is 12.1. The fourth-order valence-electron chi connectivity index (χ4n) is 4.04. The minimum Gasteiger partial charge on any atom is -0.361 e. The molecule has 7 heteroatoms. The molecular formula is C26H25Cl2N3O2. The standard InChI is InChI=1S/C26H25Cl2N3O2/c1-2-14-31-24(21-8-3-4-9-22(21)26(31)33)30-20-7-5-6-18(15-20)25(32)29-13-12-17-10-11-19(27)16-23(17)28/h3-11,15-16,24,30H,2,12-14H2,1H3,(H,29,32). The molecule has 1 aliphatic heterocycles. The van der Waals surface area contributed by atoms with E-state index in [9.17, 15) is 9.59 Å². The SMILES string of the molecule is CCCN1C(=O)c2ccccc2C1Nc1cccc(C(=O)NCCc2ccc(Cl)cc2Cl)c1. The first-order valence-electron chi connectivity index (χ1n) is 11.0. The van der Waals surface area contributed by atoms with Gasteiger partial charge >= 0.3 is 0 Å². The van der Waals surface area contributed by atoms with Crippen LogP contribution in [0.4, 0.5) is 5.69 Å². The monoisotopic (exact) mass is 481 g/mol. The van der Waals surface area contributed by atoms with Gasteiger partial charge in [-0.2, -0.15) is 0 Å². The summed E-state index contributed by atoms with van der Waals surface area (Å²) in [6.07, 6.45) is 1.20. The van der Waals surface area contributed by atoms with Crippen LogP contribution in [0.15, 0.2) is 66.7 Å². The van der Waals surface area contributed by atoms with E-state index < -0.39 is 0 Å². The van der Waals surface area contributed by atoms with Crippen molar-refractivity contribution in [1.82, 2.24) is 10.2 Å². The molecule has 0 fully saturated rings. The molecule has 2 N–H and O–H groups in total. The molecule has 33 heavy (non-hydrogen) atoms. The highest BCUT2D eigenvalue weighted by Crippen LogP contribution is 2.34. The van der Waals surface area contributed by atoms with Gasteiger partial charge in [-0.3, -0.25) is 9.59 Å². The second-order valence-corrected chi connectivity index (χ2v) is 8.80. The summed E-state index contributed by atoms with van der Waals surface area (Å²) in [4.78, 5) is 27.4. The first-order valence-corrected chi connectivity index (χ1v) is 11.7. The molecule has 0 bridgehead atoms. The number of fused-ring (bicyclic) bond motifs is 1. The highest BCUT2D eigenvalue weighted by atomic mass is 35.5. The summed E-state index contributed by atoms with van der Waals surface area (Å²) in [5.41, 5.74) is 3.92. The Bertz CT molecular complexity index is 1180. The maximum Gasteiger partial charge on any atom is 0.256 e. The second-order valence-electron chi connectivity index (χ2n) is 7.96. The van der Waals surface area contributed by atoms with Crippen LogP contribution in [0.2, 0.25) is 10.0 Å². The predicted octanol–water partition coefficient (Wildman–Crippen LogP) is 5.94. The van der Waals surface area contributed by atoms with Crippen LogP contribution in [0, 0.1) is 0 Å². The van der Waals surface area contributed by atoms with Gasteiger partial charge in [-0.05, 0) is 54.8 Å². The van der Waals surface area contributed by atoms with E-state index in [0.717, 1.165) is 28.8 Å². The second kappa shape index (κ2) is 10.3. The lowest BCUT2D eigenvalue weighted by atomic mass is 10.1. The van der Waals surface area contributed by atoms with Crippen molar-refractivity contribution in [2.24, 2.45) is 0 Å². The number of rotatable bonds is 8. The Balaban J connectivity index is 1.44. The Labute approximate surface area is 203 Å². The molecule has 0 spiro atoms. The number of carbonyl (C=O) groups is 2. The molecule has 0 radical (unpaired) electrons. The van der Waals surface area contributed by atoms with Gasteiger partial charge in [-0.1, -0.05) is 60.5 Å². The first-order chi connectivity index (χ1) is 16.0. The van der Waals surface area contributed by atoms with E-state index in [0.29, 0.717) is 35.1 Å². The number of nitrogens with one attached hydrogen (secondary N) is 2. The van der Waals surface area contributed by atoms with Gasteiger partial charge in [0.1, 0.15) is 6.17 Å². The maximum absolute atomic E-state index is 12.8. The van der Waals surface area contributed by atoms with Crippen molar-refractivity contribution in [3.05, 3.63) is 99.0 Å². The molecule has 0 aromatic heterocycles. The van der Waals surface area contributed by atoms with E-state index in [2.05, 4.69) is 17.6 Å². The fourth-order valence-corrected chi connectivity index (χ4v) is 4.55. The summed E-state index contributed by atoms with van der Waals surface area (Å²) in [6, 6.07) is 20.3. The Morgan fingerprint density at radius 1 is 1.03 bits per heavy atom. The predicted molar refractivity (Wildman–Crippen MR) is 133 cm³/mol. The number of anilines is 1. The molecule has 0 saturated carbocycles. The Hall–Kier alpha value is -3.02. The molecular weight excluding hydrogens is 457 g/mol. The number of hydrogen-bond acceptors (Lipinski definition) is 3. The van der Waals surface area contributed by atoms with Crippen LogP contribution in [0.25, 0.3) is 0 Å². The number of halogens is 2. The van der Waals surface area contributed by atoms with Crippen LogP contribution in [0.1, 0.15) is 51.4 Å². The molecule has 2 amide bonds. The van der Waals surface area contributed by atoms with Gasteiger partial charge in [0.15, 0.2) is 0 Å². The lowest BCUT2D eigenvalue weighted by Gasteiger charge is -2.27. The van der Waals surface area contributed by atoms with E-state index in [1.54, 1.807) is 24.3 Å². The lowest BCUT2D eigenvalue weighted by Crippen LogP contribution is -2.33. The molecule has 1 atom stereocenters. The molecule has 5 nitrogen and oxygen atoms in total. The highest BCUT2D eigenvalue weighted by Gasteiger charge is 2.35. The van der Waals surface area contributed by atoms with Crippen molar-refractivity contribution < 1.29 is 9.59 Å². The van der Waals surface area contributed by atoms with Gasteiger partial charge in [0, 0.05) is 45.5 Å². The molecule has 0 saturated heterocycles. The molecule has 1 unspecified atom stereocenters. The number of benzene rings is 3. The van der Waals surface area contributed by atoms with Crippen molar-refractivity contribution in [3.8, 4) is 0 Å². The lowest BCUT2D eigenvalue weighted by molar-refractivity contribution is 0.0742. The van der Waals surface area contributed by atoms with Crippen LogP contribution < -0.4 is 10.6 Å². The van der Waals surface area contributed by atoms with Crippen LogP contribution in [0.3, 0.4) is 0 Å². The molecule has 3 aromatic rings. The molecule has 1 heterocycles. The van der Waals surface area contributed by atoms with Crippen LogP contribution in [-0.4, -0.2) is 29.8 Å². The molecule has 4 rings (SSSR count). The zero-order chi connectivity index (χ0) is 23.4. The maximum atomic E-state index is 12.8. The van der Waals surface area contributed by atoms with E-state index in [4.69, 9.17) is 23.2 Å². The third-order valence-electron chi connectivity index (χ3n) is 5.65. The van der Waals surface area contributed by atoms with Crippen molar-refractivity contribution in [3.63, 3.8) is 0 Å². The van der Waals surface area contributed by atoms with Gasteiger partial charge in [-0.25, -0.2) is 0 Å². The first kappa shape index (κ1) is 23.1. The average molecular weight is 482 g/mol. The Morgan fingerprint density at radius 2 is 1.85 bits per heavy atom. The normalized spacial score (nSPS) is 14.8. The molecule has 3 aromatic carbocycles. The van der Waals surface area contributed by atoms with Crippen molar-refractivity contribution >= 4 is 40.7 Å². The van der Waals surface area contributed by atoms with Crippen molar-refractivity contribution in [2.45, 2.75) is 25.9 Å². The van der Waals surface area contributed by atoms with Crippen molar-refractivity contribution in [1.29, 1.82) is 0 Å². The molecule has 1 aliphatic rings. The van der Waals surface area contributed by atoms with Crippen LogP contribution in [-0.2, 0) is 6.42 Å². The Kier molecular flexibility index (Phi) is 7.21. The number of carbonyl (C=O) groups excluding carboxylic acids is 2. The van der Waals surface area contributed by atoms with Gasteiger partial charge in [0.05, 0.1) is 0 Å². The summed E-state index contributed by atoms with van der Waals surface area (Å²) in [5.74, 6) is -0.142. The molecule has 170 valence electrons. The number of amides is 2. The minimum absolute atomic E-state index is 0.0275. The van der Waals surface area contributed by atoms with Gasteiger partial charge < -0.3 is 15.5 Å². The molecule has 0 aliphatic carbocycles. The van der Waals surface area contributed by atoms with Crippen LogP contribution in [0.5, 0.6) is 0 Å². The van der Waals surface area contributed by atoms with Crippen LogP contribution >= 0.6 is 23.2 Å². The topological polar surface area (TPSA) is 61.4 Å². The third-order valence-corrected chi connectivity index (χ3v) is 6.23. The van der Waals surface area contributed by atoms with E-state index in [-0.39, 0.29) is 18.0 Å². The zero-order valence-corrected chi connectivity index (χ0v) is 19.8. The summed E-state index contributed by atoms with van der Waals surface area (Å²) < 4.78 is 0. The smallest absolute Gasteiger partial charge is 0.256 e. The fraction of sp³-hybridized carbons (Fsp3) is 0.231. The number of hydrogen-bond donors (Lipinski definition) is 2. The minimum atomic E-state index is -0.265. The quantitative estimate of drug-likeness (QED) is 0.418. The average Bonchev–Trinajstić information content (AvgIpc) is 3.07. The largest absolute Gasteiger partial charge is 0.361 e. The van der Waals surface area contributed by atoms with Crippen molar-refractivity contribution in [2.75, 3.05) is 18.4 Å². The van der Waals surface area contributed by atoms with Gasteiger partial charge in [0.2, 0.25) is 0 Å². The highest BCUT2D eigenvalue weighted by molar-refractivity contribution is 6.35. The summed E-state index contributed by atoms with van der Waals surface area (Å²) in [6.45, 7) is 3.15. The van der Waals surface area contributed by atoms with Gasteiger partial charge in [-0.15, -0.1) is 0 Å². The third kappa shape index (κ3) is 5.15. The van der Waals surface area contributed by atoms with E-state index in [1.165, 1.54) is 0 Å². The zero-order valence-electron chi connectivity index (χ0n) is 18.3. The number of nitrogens with zero attached hydrogens (tertiary/aromatic N) is 1. The Morgan fingerprint density at radius 3 is 2.64 bits per heavy atom. The van der Waals surface area contributed by atoms with E-state index in [1.807, 2.05) is 47.4 Å². The van der Waals surface area contributed by atoms with Gasteiger partial charge in [0.25, 0.3) is 11.8 Å². The summed E-state index contributed by atoms with van der Waals surface area (Å²) in [7, 11) is 0. The van der Waals surface area contributed by atoms with E-state index >= 15 is 0 Å². The summed E-state index contributed by atoms with van der Waals surface area (Å²) in [5, 5.41) is 7.56.